The summed E-state index contributed by atoms with van der Waals surface area (Å²) in [7, 11) is 3.79. The molecule has 2 aromatic heterocycles. The Morgan fingerprint density at radius 3 is 2.90 bits per heavy atom. The van der Waals surface area contributed by atoms with Crippen LogP contribution >= 0.6 is 27.3 Å². The van der Waals surface area contributed by atoms with Gasteiger partial charge in [-0.3, -0.25) is 4.99 Å². The second-order valence-corrected chi connectivity index (χ2v) is 7.15. The minimum absolute atomic E-state index is 0.581. The van der Waals surface area contributed by atoms with E-state index in [2.05, 4.69) is 55.4 Å². The van der Waals surface area contributed by atoms with E-state index in [9.17, 15) is 0 Å². The molecule has 7 heteroatoms. The van der Waals surface area contributed by atoms with Gasteiger partial charge in [0.25, 0.3) is 0 Å². The van der Waals surface area contributed by atoms with E-state index in [4.69, 9.17) is 4.52 Å². The Labute approximate surface area is 137 Å². The molecule has 0 unspecified atom stereocenters. The van der Waals surface area contributed by atoms with Gasteiger partial charge < -0.3 is 14.7 Å². The number of nitrogens with zero attached hydrogens (tertiary/aromatic N) is 3. The van der Waals surface area contributed by atoms with E-state index in [1.54, 1.807) is 18.4 Å². The van der Waals surface area contributed by atoms with E-state index in [1.807, 2.05) is 13.1 Å². The second kappa shape index (κ2) is 7.61. The summed E-state index contributed by atoms with van der Waals surface area (Å²) in [6, 6.07) is 6.14. The molecular formula is C14H19BrN4OS. The van der Waals surface area contributed by atoms with Crippen LogP contribution in [0.1, 0.15) is 23.3 Å². The molecule has 21 heavy (non-hydrogen) atoms. The first-order valence-electron chi connectivity index (χ1n) is 6.72. The van der Waals surface area contributed by atoms with Crippen LogP contribution in [0.2, 0.25) is 0 Å². The maximum absolute atomic E-state index is 5.26. The number of nitrogens with one attached hydrogen (secondary N) is 1. The average Bonchev–Trinajstić information content (AvgIpc) is 3.08. The van der Waals surface area contributed by atoms with Crippen molar-refractivity contribution in [3.8, 4) is 0 Å². The molecule has 0 fully saturated rings. The molecule has 0 amide bonds. The molecule has 0 saturated carbocycles. The lowest BCUT2D eigenvalue weighted by molar-refractivity contribution is 0.371. The molecule has 0 spiro atoms. The zero-order chi connectivity index (χ0) is 15.2. The van der Waals surface area contributed by atoms with Crippen LogP contribution in [0.4, 0.5) is 0 Å². The zero-order valence-corrected chi connectivity index (χ0v) is 14.8. The molecule has 0 aromatic carbocycles. The van der Waals surface area contributed by atoms with E-state index in [0.717, 1.165) is 34.2 Å². The van der Waals surface area contributed by atoms with Gasteiger partial charge in [0.15, 0.2) is 11.7 Å². The topological polar surface area (TPSA) is 53.7 Å². The monoisotopic (exact) mass is 370 g/mol. The molecule has 0 aliphatic heterocycles. The van der Waals surface area contributed by atoms with Crippen molar-refractivity contribution in [2.45, 2.75) is 26.4 Å². The Morgan fingerprint density at radius 1 is 1.52 bits per heavy atom. The van der Waals surface area contributed by atoms with E-state index in [1.165, 1.54) is 4.88 Å². The van der Waals surface area contributed by atoms with Crippen molar-refractivity contribution in [2.24, 2.45) is 4.99 Å². The summed E-state index contributed by atoms with van der Waals surface area (Å²) >= 11 is 5.21. The largest absolute Gasteiger partial charge is 0.359 e. The maximum atomic E-state index is 5.26. The fourth-order valence-corrected chi connectivity index (χ4v) is 3.44. The van der Waals surface area contributed by atoms with Crippen molar-refractivity contribution in [3.05, 3.63) is 38.3 Å². The maximum Gasteiger partial charge on any atom is 0.194 e. The van der Waals surface area contributed by atoms with E-state index in [-0.39, 0.29) is 0 Å². The third-order valence-corrected chi connectivity index (χ3v) is 4.59. The predicted octanol–water partition coefficient (Wildman–Crippen LogP) is 3.27. The molecule has 2 heterocycles. The fourth-order valence-electron chi connectivity index (χ4n) is 1.90. The Balaban J connectivity index is 1.90. The Hall–Kier alpha value is -1.34. The second-order valence-electron chi connectivity index (χ2n) is 4.60. The number of thiophene rings is 1. The normalized spacial score (nSPS) is 11.7. The van der Waals surface area contributed by atoms with Crippen LogP contribution in [-0.2, 0) is 19.5 Å². The van der Waals surface area contributed by atoms with Crippen LogP contribution < -0.4 is 5.32 Å². The van der Waals surface area contributed by atoms with Crippen LogP contribution in [0.25, 0.3) is 0 Å². The van der Waals surface area contributed by atoms with E-state index < -0.39 is 0 Å². The summed E-state index contributed by atoms with van der Waals surface area (Å²) in [4.78, 5) is 7.65. The van der Waals surface area contributed by atoms with Gasteiger partial charge in [-0.1, -0.05) is 12.1 Å². The molecule has 1 N–H and O–H groups in total. The van der Waals surface area contributed by atoms with Gasteiger partial charge in [0.1, 0.15) is 0 Å². The van der Waals surface area contributed by atoms with Gasteiger partial charge in [0.05, 0.1) is 22.6 Å². The van der Waals surface area contributed by atoms with E-state index >= 15 is 0 Å². The van der Waals surface area contributed by atoms with Gasteiger partial charge in [0, 0.05) is 25.0 Å². The smallest absolute Gasteiger partial charge is 0.194 e. The van der Waals surface area contributed by atoms with Crippen LogP contribution in [0, 0.1) is 0 Å². The lowest BCUT2D eigenvalue weighted by Gasteiger charge is -2.20. The average molecular weight is 371 g/mol. The molecule has 0 atom stereocenters. The van der Waals surface area contributed by atoms with Crippen LogP contribution in [0.3, 0.4) is 0 Å². The highest BCUT2D eigenvalue weighted by molar-refractivity contribution is 9.11. The van der Waals surface area contributed by atoms with Crippen molar-refractivity contribution in [2.75, 3.05) is 14.1 Å². The van der Waals surface area contributed by atoms with Gasteiger partial charge in [-0.25, -0.2) is 0 Å². The highest BCUT2D eigenvalue weighted by Crippen LogP contribution is 2.22. The standard InChI is InChI=1S/C14H19BrN4OS/c1-4-10-7-11(20-18-10)8-17-14(16-2)19(3)9-12-5-6-13(15)21-12/h5-7H,4,8-9H2,1-3H3,(H,16,17). The SMILES string of the molecule is CCc1cc(CNC(=NC)N(C)Cc2ccc(Br)s2)on1. The number of halogens is 1. The number of aliphatic imine (C=N–C) groups is 1. The van der Waals surface area contributed by atoms with Crippen molar-refractivity contribution in [1.29, 1.82) is 0 Å². The number of aromatic nitrogens is 1. The summed E-state index contributed by atoms with van der Waals surface area (Å²) in [6.45, 7) is 3.45. The van der Waals surface area contributed by atoms with Gasteiger partial charge in [0.2, 0.25) is 0 Å². The van der Waals surface area contributed by atoms with Crippen molar-refractivity contribution in [1.82, 2.24) is 15.4 Å². The summed E-state index contributed by atoms with van der Waals surface area (Å²) in [5.74, 6) is 1.65. The Kier molecular flexibility index (Phi) is 5.81. The third-order valence-electron chi connectivity index (χ3n) is 2.99. The van der Waals surface area contributed by atoms with E-state index in [0.29, 0.717) is 6.54 Å². The molecular weight excluding hydrogens is 352 g/mol. The van der Waals surface area contributed by atoms with Gasteiger partial charge >= 0.3 is 0 Å². The van der Waals surface area contributed by atoms with Gasteiger partial charge in [-0.15, -0.1) is 11.3 Å². The number of guanidine groups is 1. The lowest BCUT2D eigenvalue weighted by atomic mass is 10.3. The minimum Gasteiger partial charge on any atom is -0.359 e. The predicted molar refractivity (Wildman–Crippen MR) is 89.6 cm³/mol. The lowest BCUT2D eigenvalue weighted by Crippen LogP contribution is -2.37. The molecule has 5 nitrogen and oxygen atoms in total. The zero-order valence-electron chi connectivity index (χ0n) is 12.4. The Bertz CT molecular complexity index is 608. The molecule has 0 aliphatic rings. The van der Waals surface area contributed by atoms with Crippen LogP contribution in [0.5, 0.6) is 0 Å². The first kappa shape index (κ1) is 16.0. The van der Waals surface area contributed by atoms with Crippen molar-refractivity contribution in [3.63, 3.8) is 0 Å². The van der Waals surface area contributed by atoms with Crippen molar-refractivity contribution >= 4 is 33.2 Å². The number of hydrogen-bond donors (Lipinski definition) is 1. The molecule has 0 radical (unpaired) electrons. The highest BCUT2D eigenvalue weighted by atomic mass is 79.9. The number of rotatable bonds is 5. The summed E-state index contributed by atoms with van der Waals surface area (Å²) in [5.41, 5.74) is 0.971. The molecule has 0 saturated heterocycles. The molecule has 2 rings (SSSR count). The van der Waals surface area contributed by atoms with Gasteiger partial charge in [-0.05, 0) is 34.5 Å². The Morgan fingerprint density at radius 2 is 2.33 bits per heavy atom. The van der Waals surface area contributed by atoms with Crippen molar-refractivity contribution < 1.29 is 4.52 Å². The first-order valence-corrected chi connectivity index (χ1v) is 8.33. The third kappa shape index (κ3) is 4.57. The summed E-state index contributed by atoms with van der Waals surface area (Å²) in [5, 5.41) is 7.27. The first-order chi connectivity index (χ1) is 10.1. The summed E-state index contributed by atoms with van der Waals surface area (Å²) in [6.07, 6.45) is 0.880. The number of hydrogen-bond acceptors (Lipinski definition) is 4. The molecule has 0 aliphatic carbocycles. The quantitative estimate of drug-likeness (QED) is 0.648. The minimum atomic E-state index is 0.581. The molecule has 2 aromatic rings. The molecule has 114 valence electrons. The van der Waals surface area contributed by atoms with Crippen LogP contribution in [-0.4, -0.2) is 30.1 Å². The summed E-state index contributed by atoms with van der Waals surface area (Å²) < 4.78 is 6.40. The molecule has 0 bridgehead atoms. The fraction of sp³-hybridized carbons (Fsp3) is 0.429. The van der Waals surface area contributed by atoms with Crippen LogP contribution in [0.15, 0.2) is 31.5 Å². The van der Waals surface area contributed by atoms with Gasteiger partial charge in [-0.2, -0.15) is 0 Å². The highest BCUT2D eigenvalue weighted by Gasteiger charge is 2.09. The number of aryl methyl sites for hydroxylation is 1.